The van der Waals surface area contributed by atoms with Crippen molar-refractivity contribution in [3.63, 3.8) is 0 Å². The van der Waals surface area contributed by atoms with Crippen LogP contribution in [0.25, 0.3) is 0 Å². The second-order valence-corrected chi connectivity index (χ2v) is 7.83. The molecule has 26 heavy (non-hydrogen) atoms. The average molecular weight is 373 g/mol. The number of hydrogen-bond donors (Lipinski definition) is 3. The van der Waals surface area contributed by atoms with Crippen molar-refractivity contribution in [3.05, 3.63) is 59.2 Å². The minimum Gasteiger partial charge on any atom is -0.326 e. The van der Waals surface area contributed by atoms with Gasteiger partial charge in [0.1, 0.15) is 0 Å². The number of carbonyl (C=O) groups is 2. The Hall–Kier alpha value is -2.71. The molecule has 0 spiro atoms. The van der Waals surface area contributed by atoms with E-state index in [1.165, 1.54) is 12.1 Å². The smallest absolute Gasteiger partial charge is 0.266 e. The summed E-state index contributed by atoms with van der Waals surface area (Å²) in [4.78, 5) is 25.8. The quantitative estimate of drug-likeness (QED) is 0.712. The van der Waals surface area contributed by atoms with E-state index in [0.717, 1.165) is 11.1 Å². The summed E-state index contributed by atoms with van der Waals surface area (Å²) in [5, 5.41) is 2.75. The summed E-state index contributed by atoms with van der Waals surface area (Å²) in [6, 6.07) is 11.2. The molecule has 2 aromatic rings. The lowest BCUT2D eigenvalue weighted by Gasteiger charge is -2.12. The molecule has 3 N–H and O–H groups in total. The van der Waals surface area contributed by atoms with Crippen LogP contribution in [0.15, 0.2) is 47.4 Å². The van der Waals surface area contributed by atoms with Crippen molar-refractivity contribution >= 4 is 27.5 Å². The van der Waals surface area contributed by atoms with Gasteiger partial charge in [0, 0.05) is 17.7 Å². The lowest BCUT2D eigenvalue weighted by atomic mass is 10.1. The largest absolute Gasteiger partial charge is 0.326 e. The van der Waals surface area contributed by atoms with Gasteiger partial charge in [0.15, 0.2) is 0 Å². The lowest BCUT2D eigenvalue weighted by Crippen LogP contribution is -2.41. The van der Waals surface area contributed by atoms with Gasteiger partial charge in [-0.15, -0.1) is 4.83 Å². The monoisotopic (exact) mass is 373 g/mol. The third-order valence-corrected chi connectivity index (χ3v) is 5.37. The van der Waals surface area contributed by atoms with E-state index < -0.39 is 15.9 Å². The molecular formula is C18H19N3O4S. The number of aryl methyl sites for hydroxylation is 2. The van der Waals surface area contributed by atoms with Crippen LogP contribution in [0.2, 0.25) is 0 Å². The summed E-state index contributed by atoms with van der Waals surface area (Å²) >= 11 is 0. The van der Waals surface area contributed by atoms with Crippen molar-refractivity contribution < 1.29 is 18.0 Å². The first-order chi connectivity index (χ1) is 12.3. The summed E-state index contributed by atoms with van der Waals surface area (Å²) in [6.45, 7) is 1.89. The Labute approximate surface area is 151 Å². The Balaban J connectivity index is 1.74. The molecule has 2 aromatic carbocycles. The summed E-state index contributed by atoms with van der Waals surface area (Å²) in [5.74, 6) is -0.626. The van der Waals surface area contributed by atoms with E-state index in [1.807, 2.05) is 6.92 Å². The molecule has 0 aliphatic carbocycles. The summed E-state index contributed by atoms with van der Waals surface area (Å²) < 4.78 is 24.9. The van der Waals surface area contributed by atoms with Gasteiger partial charge in [0.2, 0.25) is 5.91 Å². The first-order valence-electron chi connectivity index (χ1n) is 8.17. The maximum absolute atomic E-state index is 12.4. The average Bonchev–Trinajstić information content (AvgIpc) is 2.80. The highest BCUT2D eigenvalue weighted by Gasteiger charge is 2.19. The fourth-order valence-electron chi connectivity index (χ4n) is 2.67. The van der Waals surface area contributed by atoms with Crippen molar-refractivity contribution in [2.45, 2.75) is 31.1 Å². The first kappa shape index (κ1) is 18.1. The van der Waals surface area contributed by atoms with Gasteiger partial charge >= 0.3 is 0 Å². The van der Waals surface area contributed by atoms with Crippen LogP contribution >= 0.6 is 0 Å². The maximum Gasteiger partial charge on any atom is 0.266 e. The number of anilines is 1. The molecule has 0 saturated heterocycles. The van der Waals surface area contributed by atoms with Gasteiger partial charge < -0.3 is 5.32 Å². The van der Waals surface area contributed by atoms with Crippen LogP contribution < -0.4 is 15.6 Å². The molecule has 136 valence electrons. The number of sulfonamides is 1. The van der Waals surface area contributed by atoms with Crippen LogP contribution in [0.3, 0.4) is 0 Å². The number of amides is 2. The van der Waals surface area contributed by atoms with Crippen LogP contribution in [-0.4, -0.2) is 20.2 Å². The van der Waals surface area contributed by atoms with E-state index in [2.05, 4.69) is 15.6 Å². The molecule has 0 unspecified atom stereocenters. The van der Waals surface area contributed by atoms with Crippen molar-refractivity contribution in [1.82, 2.24) is 10.3 Å². The lowest BCUT2D eigenvalue weighted by molar-refractivity contribution is -0.116. The molecule has 1 aliphatic rings. The van der Waals surface area contributed by atoms with Crippen molar-refractivity contribution in [1.29, 1.82) is 0 Å². The molecule has 1 heterocycles. The number of carbonyl (C=O) groups excluding carboxylic acids is 2. The van der Waals surface area contributed by atoms with Gasteiger partial charge in [-0.25, -0.2) is 8.42 Å². The van der Waals surface area contributed by atoms with Gasteiger partial charge in [-0.2, -0.15) is 0 Å². The Morgan fingerprint density at radius 2 is 1.81 bits per heavy atom. The number of hydrogen-bond acceptors (Lipinski definition) is 4. The number of fused-ring (bicyclic) bond motifs is 1. The number of hydrazine groups is 1. The molecule has 0 aromatic heterocycles. The molecule has 7 nitrogen and oxygen atoms in total. The molecule has 0 atom stereocenters. The molecule has 8 heteroatoms. The third-order valence-electron chi connectivity index (χ3n) is 4.12. The summed E-state index contributed by atoms with van der Waals surface area (Å²) in [7, 11) is -3.93. The van der Waals surface area contributed by atoms with Gasteiger partial charge in [-0.1, -0.05) is 17.7 Å². The minimum atomic E-state index is -3.93. The summed E-state index contributed by atoms with van der Waals surface area (Å²) in [5.41, 5.74) is 4.93. The standard InChI is InChI=1S/C18H19N3O4S/c1-12-5-7-13(8-6-12)18(23)20-21-26(24,25)15-9-10-16-14(11-15)3-2-4-17(22)19-16/h5-11,21H,2-4H2,1H3,(H,19,22)(H,20,23). The highest BCUT2D eigenvalue weighted by atomic mass is 32.2. The van der Waals surface area contributed by atoms with E-state index in [9.17, 15) is 18.0 Å². The van der Waals surface area contributed by atoms with Crippen molar-refractivity contribution in [3.8, 4) is 0 Å². The van der Waals surface area contributed by atoms with Crippen molar-refractivity contribution in [2.24, 2.45) is 0 Å². The van der Waals surface area contributed by atoms with Crippen LogP contribution in [0.4, 0.5) is 5.69 Å². The van der Waals surface area contributed by atoms with Crippen LogP contribution in [0.1, 0.15) is 34.3 Å². The van der Waals surface area contributed by atoms with Gasteiger partial charge in [-0.05, 0) is 55.7 Å². The Bertz CT molecular complexity index is 953. The minimum absolute atomic E-state index is 0.0246. The molecule has 1 aliphatic heterocycles. The maximum atomic E-state index is 12.4. The molecule has 0 radical (unpaired) electrons. The van der Waals surface area contributed by atoms with E-state index in [4.69, 9.17) is 0 Å². The van der Waals surface area contributed by atoms with E-state index >= 15 is 0 Å². The topological polar surface area (TPSA) is 104 Å². The van der Waals surface area contributed by atoms with Crippen LogP contribution in [-0.2, 0) is 21.2 Å². The zero-order valence-electron chi connectivity index (χ0n) is 14.2. The molecular weight excluding hydrogens is 354 g/mol. The zero-order chi connectivity index (χ0) is 18.7. The Morgan fingerprint density at radius 1 is 1.08 bits per heavy atom. The fourth-order valence-corrected chi connectivity index (χ4v) is 3.56. The molecule has 0 saturated carbocycles. The number of benzene rings is 2. The number of nitrogens with one attached hydrogen (secondary N) is 3. The molecule has 0 bridgehead atoms. The van der Waals surface area contributed by atoms with Crippen LogP contribution in [0.5, 0.6) is 0 Å². The van der Waals surface area contributed by atoms with Crippen molar-refractivity contribution in [2.75, 3.05) is 5.32 Å². The van der Waals surface area contributed by atoms with E-state index in [-0.39, 0.29) is 10.8 Å². The Morgan fingerprint density at radius 3 is 2.54 bits per heavy atom. The molecule has 2 amide bonds. The predicted octanol–water partition coefficient (Wildman–Crippen LogP) is 1.89. The van der Waals surface area contributed by atoms with E-state index in [0.29, 0.717) is 30.5 Å². The predicted molar refractivity (Wildman–Crippen MR) is 97.0 cm³/mol. The van der Waals surface area contributed by atoms with Crippen LogP contribution in [0, 0.1) is 6.92 Å². The van der Waals surface area contributed by atoms with E-state index in [1.54, 1.807) is 30.3 Å². The normalized spacial score (nSPS) is 14.1. The first-order valence-corrected chi connectivity index (χ1v) is 9.65. The molecule has 3 rings (SSSR count). The number of rotatable bonds is 4. The van der Waals surface area contributed by atoms with Gasteiger partial charge in [0.05, 0.1) is 4.90 Å². The third kappa shape index (κ3) is 4.09. The Kier molecular flexibility index (Phi) is 5.06. The fraction of sp³-hybridized carbons (Fsp3) is 0.222. The van der Waals surface area contributed by atoms with Gasteiger partial charge in [0.25, 0.3) is 15.9 Å². The SMILES string of the molecule is Cc1ccc(C(=O)NNS(=O)(=O)c2ccc3c(c2)CCCC(=O)N3)cc1. The zero-order valence-corrected chi connectivity index (χ0v) is 15.0. The highest BCUT2D eigenvalue weighted by molar-refractivity contribution is 7.89. The van der Waals surface area contributed by atoms with Gasteiger partial charge in [-0.3, -0.25) is 15.0 Å². The molecule has 0 fully saturated rings. The second-order valence-electron chi connectivity index (χ2n) is 6.15. The summed E-state index contributed by atoms with van der Waals surface area (Å²) in [6.07, 6.45) is 1.66. The second kappa shape index (κ2) is 7.27. The highest BCUT2D eigenvalue weighted by Crippen LogP contribution is 2.25.